The predicted molar refractivity (Wildman–Crippen MR) is 74.5 cm³/mol. The minimum atomic E-state index is -0.726. The Hall–Kier alpha value is -1.35. The van der Waals surface area contributed by atoms with Crippen LogP contribution in [0.25, 0.3) is 0 Å². The summed E-state index contributed by atoms with van der Waals surface area (Å²) in [5, 5.41) is 17.0. The fourth-order valence-electron chi connectivity index (χ4n) is 1.36. The molecule has 0 aromatic carbocycles. The monoisotopic (exact) mass is 252 g/mol. The second-order valence-corrected chi connectivity index (χ2v) is 4.04. The molecular weight excluding hydrogens is 228 g/mol. The van der Waals surface area contributed by atoms with Gasteiger partial charge in [0.05, 0.1) is 0 Å². The molecule has 2 N–H and O–H groups in total. The van der Waals surface area contributed by atoms with Gasteiger partial charge in [0.25, 0.3) is 0 Å². The average Bonchev–Trinajstić information content (AvgIpc) is 2.34. The molecule has 0 aliphatic heterocycles. The van der Waals surface area contributed by atoms with Gasteiger partial charge >= 0.3 is 5.97 Å². The molecule has 0 aliphatic carbocycles. The predicted octanol–water partition coefficient (Wildman–Crippen LogP) is 3.46. The van der Waals surface area contributed by atoms with Crippen molar-refractivity contribution in [3.8, 4) is 0 Å². The summed E-state index contributed by atoms with van der Waals surface area (Å²) in [6, 6.07) is 0. The van der Waals surface area contributed by atoms with E-state index in [4.69, 9.17) is 10.2 Å². The molecule has 0 fully saturated rings. The molecule has 3 nitrogen and oxygen atoms in total. The molecule has 0 spiro atoms. The van der Waals surface area contributed by atoms with E-state index in [0.29, 0.717) is 6.42 Å². The lowest BCUT2D eigenvalue weighted by Crippen LogP contribution is -1.92. The standard InChI is InChI=1S/C15H24O3/c16-14-12-10-8-6-4-2-1-3-5-7-9-11-13-15(17)18/h1-2,5-8,16H,3-4,9-14H2,(H,17,18)/b2-1-,7-5-,8-6-. The first-order valence-corrected chi connectivity index (χ1v) is 6.55. The van der Waals surface area contributed by atoms with Crippen molar-refractivity contribution in [3.05, 3.63) is 36.5 Å². The van der Waals surface area contributed by atoms with Gasteiger partial charge in [-0.1, -0.05) is 36.5 Å². The highest BCUT2D eigenvalue weighted by Gasteiger charge is 1.92. The van der Waals surface area contributed by atoms with E-state index in [1.165, 1.54) is 0 Å². The van der Waals surface area contributed by atoms with Crippen molar-refractivity contribution in [2.24, 2.45) is 0 Å². The summed E-state index contributed by atoms with van der Waals surface area (Å²) in [5.41, 5.74) is 0. The second kappa shape index (κ2) is 13.7. The van der Waals surface area contributed by atoms with Crippen LogP contribution in [0.5, 0.6) is 0 Å². The van der Waals surface area contributed by atoms with E-state index in [9.17, 15) is 4.79 Å². The quantitative estimate of drug-likeness (QED) is 0.437. The highest BCUT2D eigenvalue weighted by Crippen LogP contribution is 1.98. The maximum atomic E-state index is 10.2. The topological polar surface area (TPSA) is 57.5 Å². The summed E-state index contributed by atoms with van der Waals surface area (Å²) in [6.45, 7) is 0.257. The number of carboxylic acid groups (broad SMARTS) is 1. The van der Waals surface area contributed by atoms with E-state index in [1.807, 2.05) is 6.08 Å². The molecule has 18 heavy (non-hydrogen) atoms. The second-order valence-electron chi connectivity index (χ2n) is 4.04. The van der Waals surface area contributed by atoms with Crippen molar-refractivity contribution >= 4 is 5.97 Å². The smallest absolute Gasteiger partial charge is 0.303 e. The number of hydrogen-bond donors (Lipinski definition) is 2. The number of aliphatic carboxylic acids is 1. The van der Waals surface area contributed by atoms with Crippen LogP contribution in [0.3, 0.4) is 0 Å². The third-order valence-electron chi connectivity index (χ3n) is 2.33. The molecule has 0 amide bonds. The molecule has 0 aliphatic rings. The number of rotatable bonds is 11. The number of aliphatic hydroxyl groups is 1. The summed E-state index contributed by atoms with van der Waals surface area (Å²) >= 11 is 0. The normalized spacial score (nSPS) is 12.1. The van der Waals surface area contributed by atoms with Crippen molar-refractivity contribution in [2.75, 3.05) is 6.61 Å². The van der Waals surface area contributed by atoms with E-state index in [0.717, 1.165) is 32.1 Å². The van der Waals surface area contributed by atoms with Crippen molar-refractivity contribution in [1.82, 2.24) is 0 Å². The molecule has 0 rings (SSSR count). The van der Waals surface area contributed by atoms with Gasteiger partial charge in [-0.05, 0) is 38.5 Å². The van der Waals surface area contributed by atoms with Gasteiger partial charge in [-0.3, -0.25) is 4.79 Å². The number of allylic oxidation sites excluding steroid dienone is 6. The SMILES string of the molecule is O=C(O)CCC/C=C\C/C=C\C/C=C\CCCO. The van der Waals surface area contributed by atoms with Crippen molar-refractivity contribution in [1.29, 1.82) is 0 Å². The highest BCUT2D eigenvalue weighted by atomic mass is 16.4. The number of hydrogen-bond acceptors (Lipinski definition) is 2. The Balaban J connectivity index is 3.34. The zero-order valence-electron chi connectivity index (χ0n) is 10.9. The highest BCUT2D eigenvalue weighted by molar-refractivity contribution is 5.66. The summed E-state index contributed by atoms with van der Waals surface area (Å²) in [6.07, 6.45) is 17.9. The molecule has 0 aromatic heterocycles. The number of carboxylic acids is 1. The van der Waals surface area contributed by atoms with E-state index in [2.05, 4.69) is 30.4 Å². The fourth-order valence-corrected chi connectivity index (χ4v) is 1.36. The van der Waals surface area contributed by atoms with E-state index in [1.54, 1.807) is 0 Å². The van der Waals surface area contributed by atoms with Gasteiger partial charge in [0.2, 0.25) is 0 Å². The zero-order chi connectivity index (χ0) is 13.5. The Morgan fingerprint density at radius 2 is 1.33 bits per heavy atom. The van der Waals surface area contributed by atoms with Gasteiger partial charge in [0, 0.05) is 13.0 Å². The van der Waals surface area contributed by atoms with Crippen LogP contribution >= 0.6 is 0 Å². The van der Waals surface area contributed by atoms with Crippen LogP contribution in [0.2, 0.25) is 0 Å². The van der Waals surface area contributed by atoms with E-state index >= 15 is 0 Å². The summed E-state index contributed by atoms with van der Waals surface area (Å²) in [7, 11) is 0. The number of aliphatic hydroxyl groups excluding tert-OH is 1. The van der Waals surface area contributed by atoms with Gasteiger partial charge in [0.15, 0.2) is 0 Å². The maximum Gasteiger partial charge on any atom is 0.303 e. The molecule has 0 unspecified atom stereocenters. The zero-order valence-corrected chi connectivity index (χ0v) is 10.9. The maximum absolute atomic E-state index is 10.2. The Bertz CT molecular complexity index is 277. The van der Waals surface area contributed by atoms with E-state index < -0.39 is 5.97 Å². The largest absolute Gasteiger partial charge is 0.481 e. The molecule has 0 radical (unpaired) electrons. The van der Waals surface area contributed by atoms with Gasteiger partial charge in [-0.15, -0.1) is 0 Å². The van der Waals surface area contributed by atoms with Crippen LogP contribution in [-0.4, -0.2) is 22.8 Å². The first kappa shape index (κ1) is 16.6. The third kappa shape index (κ3) is 14.6. The molecule has 102 valence electrons. The van der Waals surface area contributed by atoms with Crippen molar-refractivity contribution in [3.63, 3.8) is 0 Å². The lowest BCUT2D eigenvalue weighted by atomic mass is 10.2. The number of unbranched alkanes of at least 4 members (excludes halogenated alkanes) is 2. The first-order valence-electron chi connectivity index (χ1n) is 6.55. The molecule has 0 atom stereocenters. The van der Waals surface area contributed by atoms with Crippen LogP contribution < -0.4 is 0 Å². The minimum Gasteiger partial charge on any atom is -0.481 e. The Kier molecular flexibility index (Phi) is 12.7. The lowest BCUT2D eigenvalue weighted by molar-refractivity contribution is -0.137. The Labute approximate surface area is 110 Å². The van der Waals surface area contributed by atoms with E-state index in [-0.39, 0.29) is 13.0 Å². The van der Waals surface area contributed by atoms with Crippen LogP contribution in [0.15, 0.2) is 36.5 Å². The average molecular weight is 252 g/mol. The van der Waals surface area contributed by atoms with Gasteiger partial charge < -0.3 is 10.2 Å². The van der Waals surface area contributed by atoms with Gasteiger partial charge in [0.1, 0.15) is 0 Å². The minimum absolute atomic E-state index is 0.249. The molecular formula is C15H24O3. The van der Waals surface area contributed by atoms with Crippen LogP contribution in [-0.2, 0) is 4.79 Å². The molecule has 0 saturated carbocycles. The molecule has 0 heterocycles. The first-order chi connectivity index (χ1) is 8.77. The van der Waals surface area contributed by atoms with Gasteiger partial charge in [-0.25, -0.2) is 0 Å². The van der Waals surface area contributed by atoms with Gasteiger partial charge in [-0.2, -0.15) is 0 Å². The summed E-state index contributed by atoms with van der Waals surface area (Å²) < 4.78 is 0. The number of carbonyl (C=O) groups is 1. The van der Waals surface area contributed by atoms with Crippen molar-refractivity contribution in [2.45, 2.75) is 44.9 Å². The molecule has 0 bridgehead atoms. The Morgan fingerprint density at radius 3 is 1.83 bits per heavy atom. The Morgan fingerprint density at radius 1 is 0.833 bits per heavy atom. The third-order valence-corrected chi connectivity index (χ3v) is 2.33. The fraction of sp³-hybridized carbons (Fsp3) is 0.533. The van der Waals surface area contributed by atoms with Crippen LogP contribution in [0, 0.1) is 0 Å². The van der Waals surface area contributed by atoms with Crippen LogP contribution in [0.1, 0.15) is 44.9 Å². The lowest BCUT2D eigenvalue weighted by Gasteiger charge is -1.90. The summed E-state index contributed by atoms with van der Waals surface area (Å²) in [5.74, 6) is -0.726. The molecule has 0 saturated heterocycles. The van der Waals surface area contributed by atoms with Crippen molar-refractivity contribution < 1.29 is 15.0 Å². The van der Waals surface area contributed by atoms with Crippen LogP contribution in [0.4, 0.5) is 0 Å². The summed E-state index contributed by atoms with van der Waals surface area (Å²) in [4.78, 5) is 10.2. The molecule has 3 heteroatoms. The molecule has 0 aromatic rings.